The minimum atomic E-state index is -0.773. The molecule has 0 saturated carbocycles. The molecule has 6 heteroatoms. The Bertz CT molecular complexity index is 332. The lowest BCUT2D eigenvalue weighted by molar-refractivity contribution is -0.0409. The molecule has 0 aliphatic heterocycles. The number of ether oxygens (including phenoxy) is 4. The maximum atomic E-state index is 11.6. The number of rotatable bonds is 8. The molecule has 1 unspecified atom stereocenters. The lowest BCUT2D eigenvalue weighted by atomic mass is 10.1. The first kappa shape index (κ1) is 20.5. The Morgan fingerprint density at radius 3 is 2.14 bits per heavy atom. The summed E-state index contributed by atoms with van der Waals surface area (Å²) >= 11 is 0. The van der Waals surface area contributed by atoms with Crippen LogP contribution in [0.4, 0.5) is 9.59 Å². The van der Waals surface area contributed by atoms with Crippen LogP contribution in [0.2, 0.25) is 0 Å². The van der Waals surface area contributed by atoms with Gasteiger partial charge in [-0.05, 0) is 39.5 Å². The van der Waals surface area contributed by atoms with Crippen LogP contribution in [0, 0.1) is 5.92 Å². The Morgan fingerprint density at radius 1 is 1.00 bits per heavy atom. The van der Waals surface area contributed by atoms with Gasteiger partial charge in [-0.3, -0.25) is 0 Å². The number of hydrogen-bond acceptors (Lipinski definition) is 6. The van der Waals surface area contributed by atoms with Gasteiger partial charge >= 0.3 is 12.3 Å². The largest absolute Gasteiger partial charge is 0.508 e. The van der Waals surface area contributed by atoms with Gasteiger partial charge in [-0.2, -0.15) is 0 Å². The molecule has 0 aromatic rings. The molecule has 0 aromatic heterocycles. The summed E-state index contributed by atoms with van der Waals surface area (Å²) in [5, 5.41) is 0. The van der Waals surface area contributed by atoms with Crippen molar-refractivity contribution in [3.8, 4) is 0 Å². The summed E-state index contributed by atoms with van der Waals surface area (Å²) in [7, 11) is 0. The van der Waals surface area contributed by atoms with Gasteiger partial charge in [0.2, 0.25) is 0 Å². The van der Waals surface area contributed by atoms with Crippen LogP contribution in [0.15, 0.2) is 0 Å². The number of hydrogen-bond donors (Lipinski definition) is 0. The second-order valence-corrected chi connectivity index (χ2v) is 6.58. The van der Waals surface area contributed by atoms with Crippen LogP contribution in [0.5, 0.6) is 0 Å². The summed E-state index contributed by atoms with van der Waals surface area (Å²) in [6.45, 7) is 11.6. The molecule has 0 N–H and O–H groups in total. The highest BCUT2D eigenvalue weighted by Crippen LogP contribution is 2.10. The Balaban J connectivity index is 4.14. The highest BCUT2D eigenvalue weighted by atomic mass is 16.8. The van der Waals surface area contributed by atoms with Gasteiger partial charge in [0.15, 0.2) is 0 Å². The molecule has 0 spiro atoms. The van der Waals surface area contributed by atoms with Crippen molar-refractivity contribution in [1.29, 1.82) is 0 Å². The summed E-state index contributed by atoms with van der Waals surface area (Å²) < 4.78 is 20.2. The van der Waals surface area contributed by atoms with Crippen molar-refractivity contribution in [2.24, 2.45) is 5.92 Å². The first-order valence-electron chi connectivity index (χ1n) is 7.83. The van der Waals surface area contributed by atoms with Crippen molar-refractivity contribution >= 4 is 12.3 Å². The standard InChI is InChI=1S/C16H30O6/c1-7-8-13(11-20-15(18)22-16(4,5)6)21-14(17)19-10-9-12(2)3/h12-13H,7-11H2,1-6H3. The fourth-order valence-electron chi connectivity index (χ4n) is 1.49. The molecular formula is C16H30O6. The van der Waals surface area contributed by atoms with Gasteiger partial charge in [0.25, 0.3) is 0 Å². The van der Waals surface area contributed by atoms with Gasteiger partial charge in [0.05, 0.1) is 6.61 Å². The maximum Gasteiger partial charge on any atom is 0.508 e. The summed E-state index contributed by atoms with van der Waals surface area (Å²) in [4.78, 5) is 23.1. The zero-order chi connectivity index (χ0) is 17.2. The van der Waals surface area contributed by atoms with Crippen LogP contribution in [0.1, 0.15) is 60.8 Å². The second kappa shape index (κ2) is 10.3. The van der Waals surface area contributed by atoms with E-state index >= 15 is 0 Å². The molecule has 0 amide bonds. The van der Waals surface area contributed by atoms with Gasteiger partial charge in [0.1, 0.15) is 18.3 Å². The Hall–Kier alpha value is -1.46. The van der Waals surface area contributed by atoms with Crippen molar-refractivity contribution in [1.82, 2.24) is 0 Å². The lowest BCUT2D eigenvalue weighted by Gasteiger charge is -2.21. The van der Waals surface area contributed by atoms with Crippen LogP contribution in [-0.4, -0.2) is 37.2 Å². The molecule has 0 rings (SSSR count). The molecule has 0 radical (unpaired) electrons. The molecule has 0 aliphatic carbocycles. The smallest absolute Gasteiger partial charge is 0.434 e. The predicted molar refractivity (Wildman–Crippen MR) is 82.8 cm³/mol. The molecule has 0 bridgehead atoms. The van der Waals surface area contributed by atoms with E-state index < -0.39 is 24.0 Å². The van der Waals surface area contributed by atoms with E-state index in [2.05, 4.69) is 0 Å². The molecule has 22 heavy (non-hydrogen) atoms. The van der Waals surface area contributed by atoms with Crippen molar-refractivity contribution in [3.63, 3.8) is 0 Å². The SMILES string of the molecule is CCCC(COC(=O)OC(C)(C)C)OC(=O)OCCC(C)C. The molecular weight excluding hydrogens is 288 g/mol. The normalized spacial score (nSPS) is 12.7. The fraction of sp³-hybridized carbons (Fsp3) is 0.875. The Labute approximate surface area is 133 Å². The molecule has 0 fully saturated rings. The van der Waals surface area contributed by atoms with Gasteiger partial charge < -0.3 is 18.9 Å². The summed E-state index contributed by atoms with van der Waals surface area (Å²) in [5.74, 6) is 0.453. The molecule has 6 nitrogen and oxygen atoms in total. The van der Waals surface area contributed by atoms with Gasteiger partial charge in [-0.15, -0.1) is 0 Å². The third kappa shape index (κ3) is 12.3. The lowest BCUT2D eigenvalue weighted by Crippen LogP contribution is -2.29. The number of carbonyl (C=O) groups excluding carboxylic acids is 2. The minimum Gasteiger partial charge on any atom is -0.434 e. The van der Waals surface area contributed by atoms with E-state index in [1.807, 2.05) is 20.8 Å². The van der Waals surface area contributed by atoms with Crippen molar-refractivity contribution in [2.45, 2.75) is 72.5 Å². The van der Waals surface area contributed by atoms with Gasteiger partial charge in [0, 0.05) is 0 Å². The monoisotopic (exact) mass is 318 g/mol. The molecule has 0 aromatic carbocycles. The topological polar surface area (TPSA) is 71.1 Å². The average Bonchev–Trinajstić information content (AvgIpc) is 2.33. The quantitative estimate of drug-likeness (QED) is 0.621. The van der Waals surface area contributed by atoms with E-state index in [4.69, 9.17) is 18.9 Å². The summed E-state index contributed by atoms with van der Waals surface area (Å²) in [6.07, 6.45) is 0.132. The van der Waals surface area contributed by atoms with Crippen LogP contribution in [0.3, 0.4) is 0 Å². The highest BCUT2D eigenvalue weighted by Gasteiger charge is 2.21. The maximum absolute atomic E-state index is 11.6. The second-order valence-electron chi connectivity index (χ2n) is 6.58. The Kier molecular flexibility index (Phi) is 9.61. The zero-order valence-electron chi connectivity index (χ0n) is 14.6. The van der Waals surface area contributed by atoms with Crippen molar-refractivity contribution in [2.75, 3.05) is 13.2 Å². The average molecular weight is 318 g/mol. The summed E-state index contributed by atoms with van der Waals surface area (Å²) in [5.41, 5.74) is -0.617. The molecule has 130 valence electrons. The van der Waals surface area contributed by atoms with Gasteiger partial charge in [-0.1, -0.05) is 27.2 Å². The minimum absolute atomic E-state index is 0.0396. The van der Waals surface area contributed by atoms with Crippen molar-refractivity contribution < 1.29 is 28.5 Å². The van der Waals surface area contributed by atoms with E-state index in [0.717, 1.165) is 12.8 Å². The van der Waals surface area contributed by atoms with E-state index in [1.165, 1.54) is 0 Å². The van der Waals surface area contributed by atoms with E-state index in [-0.39, 0.29) is 6.61 Å². The first-order valence-corrected chi connectivity index (χ1v) is 7.83. The third-order valence-electron chi connectivity index (χ3n) is 2.57. The summed E-state index contributed by atoms with van der Waals surface area (Å²) in [6, 6.07) is 0. The molecule has 0 heterocycles. The van der Waals surface area contributed by atoms with E-state index in [0.29, 0.717) is 18.9 Å². The Morgan fingerprint density at radius 2 is 1.64 bits per heavy atom. The van der Waals surface area contributed by atoms with Crippen LogP contribution in [-0.2, 0) is 18.9 Å². The molecule has 0 aliphatic rings. The molecule has 1 atom stereocenters. The first-order chi connectivity index (χ1) is 10.1. The third-order valence-corrected chi connectivity index (χ3v) is 2.57. The van der Waals surface area contributed by atoms with Crippen LogP contribution < -0.4 is 0 Å². The predicted octanol–water partition coefficient (Wildman–Crippen LogP) is 4.31. The van der Waals surface area contributed by atoms with E-state index in [1.54, 1.807) is 20.8 Å². The van der Waals surface area contributed by atoms with Crippen molar-refractivity contribution in [3.05, 3.63) is 0 Å². The zero-order valence-corrected chi connectivity index (χ0v) is 14.6. The fourth-order valence-corrected chi connectivity index (χ4v) is 1.49. The van der Waals surface area contributed by atoms with Gasteiger partial charge in [-0.25, -0.2) is 9.59 Å². The van der Waals surface area contributed by atoms with E-state index in [9.17, 15) is 9.59 Å². The van der Waals surface area contributed by atoms with Crippen LogP contribution >= 0.6 is 0 Å². The number of carbonyl (C=O) groups is 2. The highest BCUT2D eigenvalue weighted by molar-refractivity contribution is 5.61. The molecule has 0 saturated heterocycles. The van der Waals surface area contributed by atoms with Crippen LogP contribution in [0.25, 0.3) is 0 Å².